The maximum Gasteiger partial charge on any atom is 0.414 e. The molecule has 0 aliphatic carbocycles. The zero-order valence-electron chi connectivity index (χ0n) is 30.4. The van der Waals surface area contributed by atoms with Crippen LogP contribution in [0.25, 0.3) is 0 Å². The van der Waals surface area contributed by atoms with Gasteiger partial charge in [0.2, 0.25) is 0 Å². The molecular weight excluding hydrogens is 645 g/mol. The quantitative estimate of drug-likeness (QED) is 0.139. The highest BCUT2D eigenvalue weighted by molar-refractivity contribution is 6.27. The smallest absolute Gasteiger partial charge is 0.414 e. The molecule has 0 unspecified atom stereocenters. The monoisotopic (exact) mass is 692 g/mol. The molecule has 6 rings (SSSR count). The molecule has 0 aliphatic rings. The molecule has 0 saturated carbocycles. The second-order valence-electron chi connectivity index (χ2n) is 12.7. The number of aryl methyl sites for hydroxylation is 2. The van der Waals surface area contributed by atoms with Gasteiger partial charge in [-0.2, -0.15) is 0 Å². The van der Waals surface area contributed by atoms with E-state index in [1.54, 1.807) is 0 Å². The molecule has 0 saturated heterocycles. The molecule has 6 nitrogen and oxygen atoms in total. The first kappa shape index (κ1) is 38.7. The van der Waals surface area contributed by atoms with Crippen molar-refractivity contribution in [3.8, 4) is 0 Å². The molecular formula is C46H48N2O4. The van der Waals surface area contributed by atoms with Gasteiger partial charge in [0.1, 0.15) is 0 Å². The summed E-state index contributed by atoms with van der Waals surface area (Å²) in [7, 11) is 0. The molecule has 266 valence electrons. The van der Waals surface area contributed by atoms with Gasteiger partial charge in [0.25, 0.3) is 0 Å². The van der Waals surface area contributed by atoms with Crippen LogP contribution in [0.2, 0.25) is 0 Å². The van der Waals surface area contributed by atoms with Gasteiger partial charge in [-0.15, -0.1) is 0 Å². The average Bonchev–Trinajstić information content (AvgIpc) is 3.16. The van der Waals surface area contributed by atoms with E-state index in [9.17, 15) is 0 Å². The van der Waals surface area contributed by atoms with Crippen LogP contribution < -0.4 is 9.80 Å². The van der Waals surface area contributed by atoms with Crippen molar-refractivity contribution in [3.05, 3.63) is 202 Å². The molecule has 0 bridgehead atoms. The van der Waals surface area contributed by atoms with E-state index in [2.05, 4.69) is 195 Å². The third kappa shape index (κ3) is 12.0. The fraction of sp³-hybridized carbons (Fsp3) is 0.174. The zero-order valence-corrected chi connectivity index (χ0v) is 30.4. The maximum atomic E-state index is 9.10. The number of carboxylic acids is 2. The Kier molecular flexibility index (Phi) is 14.8. The van der Waals surface area contributed by atoms with Crippen molar-refractivity contribution < 1.29 is 19.8 Å². The number of benzene rings is 6. The Morgan fingerprint density at radius 2 is 0.635 bits per heavy atom. The Morgan fingerprint density at radius 3 is 0.865 bits per heavy atom. The lowest BCUT2D eigenvalue weighted by Gasteiger charge is -2.27. The summed E-state index contributed by atoms with van der Waals surface area (Å²) in [6.45, 7) is 12.5. The van der Waals surface area contributed by atoms with E-state index in [0.717, 1.165) is 26.2 Å². The van der Waals surface area contributed by atoms with E-state index < -0.39 is 11.9 Å². The van der Waals surface area contributed by atoms with Gasteiger partial charge in [-0.05, 0) is 84.3 Å². The number of rotatable bonds is 10. The van der Waals surface area contributed by atoms with Gasteiger partial charge in [0.05, 0.1) is 0 Å². The molecule has 6 aromatic carbocycles. The molecule has 0 aromatic heterocycles. The van der Waals surface area contributed by atoms with Crippen LogP contribution >= 0.6 is 0 Å². The average molecular weight is 693 g/mol. The predicted octanol–water partition coefficient (Wildman–Crippen LogP) is 10.2. The fourth-order valence-electron chi connectivity index (χ4n) is 5.82. The molecule has 0 fully saturated rings. The number of carbonyl (C=O) groups is 2. The number of carboxylic acid groups (broad SMARTS) is 2. The first-order valence-electron chi connectivity index (χ1n) is 17.4. The summed E-state index contributed by atoms with van der Waals surface area (Å²) in [5.41, 5.74) is 13.4. The Hall–Kier alpha value is -6.14. The van der Waals surface area contributed by atoms with E-state index in [-0.39, 0.29) is 0 Å². The summed E-state index contributed by atoms with van der Waals surface area (Å²) in [5, 5.41) is 14.8. The topological polar surface area (TPSA) is 81.1 Å². The highest BCUT2D eigenvalue weighted by Crippen LogP contribution is 2.27. The Labute approximate surface area is 308 Å². The Balaban J connectivity index is 0.000000202. The van der Waals surface area contributed by atoms with Crippen LogP contribution in [-0.4, -0.2) is 22.2 Å². The number of hydrogen-bond acceptors (Lipinski definition) is 4. The molecule has 2 N–H and O–H groups in total. The summed E-state index contributed by atoms with van der Waals surface area (Å²) in [4.78, 5) is 23.1. The van der Waals surface area contributed by atoms with Crippen molar-refractivity contribution in [2.45, 2.75) is 53.9 Å². The van der Waals surface area contributed by atoms with E-state index in [0.29, 0.717) is 0 Å². The molecule has 0 atom stereocenters. The van der Waals surface area contributed by atoms with Crippen LogP contribution in [0.1, 0.15) is 44.5 Å². The molecule has 0 spiro atoms. The molecule has 0 aliphatic heterocycles. The molecule has 6 aromatic rings. The van der Waals surface area contributed by atoms with Gasteiger partial charge in [0, 0.05) is 37.6 Å². The van der Waals surface area contributed by atoms with E-state index in [4.69, 9.17) is 19.8 Å². The minimum Gasteiger partial charge on any atom is -0.473 e. The lowest BCUT2D eigenvalue weighted by atomic mass is 10.1. The number of anilines is 2. The van der Waals surface area contributed by atoms with Crippen LogP contribution in [-0.2, 0) is 35.8 Å². The van der Waals surface area contributed by atoms with Gasteiger partial charge in [-0.25, -0.2) is 9.59 Å². The molecule has 0 heterocycles. The van der Waals surface area contributed by atoms with Crippen LogP contribution in [0.4, 0.5) is 11.4 Å². The van der Waals surface area contributed by atoms with Crippen LogP contribution in [0.5, 0.6) is 0 Å². The van der Waals surface area contributed by atoms with Crippen molar-refractivity contribution in [3.63, 3.8) is 0 Å². The van der Waals surface area contributed by atoms with E-state index in [1.165, 1.54) is 55.9 Å². The van der Waals surface area contributed by atoms with Crippen molar-refractivity contribution >= 4 is 23.3 Å². The van der Waals surface area contributed by atoms with Gasteiger partial charge in [-0.3, -0.25) is 0 Å². The predicted molar refractivity (Wildman–Crippen MR) is 213 cm³/mol. The highest BCUT2D eigenvalue weighted by atomic mass is 16.4. The second-order valence-corrected chi connectivity index (χ2v) is 12.7. The van der Waals surface area contributed by atoms with Crippen molar-refractivity contribution in [2.75, 3.05) is 9.80 Å². The largest absolute Gasteiger partial charge is 0.473 e. The molecule has 0 radical (unpaired) electrons. The maximum absolute atomic E-state index is 9.10. The molecule has 0 amide bonds. The standard InChI is InChI=1S/2C22H23N.C2H2O4/c2*1-18-10-9-15-22(19(18)2)23(16-20-11-5-3-6-12-20)17-21-13-7-4-8-14-21;3-1(4)2(5)6/h2*3-15H,16-17H2,1-2H3;(H,3,4)(H,5,6). The minimum absolute atomic E-state index is 0.917. The molecule has 52 heavy (non-hydrogen) atoms. The Morgan fingerprint density at radius 1 is 0.385 bits per heavy atom. The zero-order chi connectivity index (χ0) is 37.3. The molecule has 6 heteroatoms. The van der Waals surface area contributed by atoms with Gasteiger partial charge in [0.15, 0.2) is 0 Å². The first-order chi connectivity index (χ1) is 25.1. The first-order valence-corrected chi connectivity index (χ1v) is 17.4. The van der Waals surface area contributed by atoms with Crippen LogP contribution in [0.15, 0.2) is 158 Å². The summed E-state index contributed by atoms with van der Waals surface area (Å²) >= 11 is 0. The van der Waals surface area contributed by atoms with Crippen molar-refractivity contribution in [2.24, 2.45) is 0 Å². The summed E-state index contributed by atoms with van der Waals surface area (Å²) in [5.74, 6) is -3.65. The number of aliphatic carboxylic acids is 2. The van der Waals surface area contributed by atoms with Crippen LogP contribution in [0, 0.1) is 27.7 Å². The third-order valence-corrected chi connectivity index (χ3v) is 8.88. The lowest BCUT2D eigenvalue weighted by molar-refractivity contribution is -0.159. The summed E-state index contributed by atoms with van der Waals surface area (Å²) in [6, 6.07) is 55.9. The minimum atomic E-state index is -1.82. The van der Waals surface area contributed by atoms with Gasteiger partial charge < -0.3 is 20.0 Å². The fourth-order valence-corrected chi connectivity index (χ4v) is 5.82. The second kappa shape index (κ2) is 19.9. The van der Waals surface area contributed by atoms with Crippen molar-refractivity contribution in [1.29, 1.82) is 0 Å². The third-order valence-electron chi connectivity index (χ3n) is 8.88. The number of nitrogens with zero attached hydrogens (tertiary/aromatic N) is 2. The SMILES string of the molecule is Cc1cccc(N(Cc2ccccc2)Cc2ccccc2)c1C.Cc1cccc(N(Cc2ccccc2)Cc2ccccc2)c1C.O=C(O)C(=O)O. The normalized spacial score (nSPS) is 10.2. The van der Waals surface area contributed by atoms with E-state index >= 15 is 0 Å². The highest BCUT2D eigenvalue weighted by Gasteiger charge is 2.13. The van der Waals surface area contributed by atoms with Crippen LogP contribution in [0.3, 0.4) is 0 Å². The van der Waals surface area contributed by atoms with Gasteiger partial charge in [-0.1, -0.05) is 146 Å². The number of hydrogen-bond donors (Lipinski definition) is 2. The van der Waals surface area contributed by atoms with Gasteiger partial charge >= 0.3 is 11.9 Å². The van der Waals surface area contributed by atoms with Crippen molar-refractivity contribution in [1.82, 2.24) is 0 Å². The lowest BCUT2D eigenvalue weighted by Crippen LogP contribution is -2.23. The summed E-state index contributed by atoms with van der Waals surface area (Å²) in [6.07, 6.45) is 0. The van der Waals surface area contributed by atoms with E-state index in [1.807, 2.05) is 0 Å². The Bertz CT molecular complexity index is 1750. The summed E-state index contributed by atoms with van der Waals surface area (Å²) < 4.78 is 0.